The number of fused-ring (bicyclic) bond motifs is 3. The van der Waals surface area contributed by atoms with Crippen LogP contribution in [0.15, 0.2) is 66.7 Å². The van der Waals surface area contributed by atoms with Crippen LogP contribution in [0.4, 0.5) is 14.9 Å². The first-order valence-electron chi connectivity index (χ1n) is 11.3. The van der Waals surface area contributed by atoms with Gasteiger partial charge in [-0.05, 0) is 46.9 Å². The molecule has 0 aliphatic heterocycles. The van der Waals surface area contributed by atoms with Crippen molar-refractivity contribution in [1.82, 2.24) is 5.32 Å². The lowest BCUT2D eigenvalue weighted by Crippen LogP contribution is -2.36. The minimum atomic E-state index is -1.39. The van der Waals surface area contributed by atoms with E-state index in [0.717, 1.165) is 34.4 Å². The molecule has 1 aliphatic rings. The Morgan fingerprint density at radius 1 is 1.00 bits per heavy atom. The van der Waals surface area contributed by atoms with E-state index in [9.17, 15) is 18.8 Å². The zero-order valence-corrected chi connectivity index (χ0v) is 19.1. The Labute approximate surface area is 201 Å². The standard InChI is InChI=1S/C27H25FN2O5/c1-2-16(25(31)30-17-11-12-22(26(32)33)24(28)13-17)14-29-27(34)35-15-23-20-9-5-3-7-18(20)19-8-4-6-10-21(19)23/h3-13,16,23H,2,14-15H2,1H3,(H,29,34)(H,30,31)(H,32,33). The molecule has 3 aromatic rings. The van der Waals surface area contributed by atoms with Crippen molar-refractivity contribution in [2.45, 2.75) is 19.3 Å². The van der Waals surface area contributed by atoms with Gasteiger partial charge in [-0.3, -0.25) is 4.79 Å². The molecular formula is C27H25FN2O5. The highest BCUT2D eigenvalue weighted by atomic mass is 19.1. The summed E-state index contributed by atoms with van der Waals surface area (Å²) in [4.78, 5) is 35.9. The predicted octanol–water partition coefficient (Wildman–Crippen LogP) is 5.03. The third-order valence-corrected chi connectivity index (χ3v) is 6.17. The zero-order valence-electron chi connectivity index (χ0n) is 19.1. The molecule has 7 nitrogen and oxygen atoms in total. The number of nitrogens with one attached hydrogen (secondary N) is 2. The molecular weight excluding hydrogens is 451 g/mol. The van der Waals surface area contributed by atoms with Crippen molar-refractivity contribution in [3.05, 3.63) is 89.2 Å². The summed E-state index contributed by atoms with van der Waals surface area (Å²) in [6.07, 6.45) is -0.208. The molecule has 0 saturated heterocycles. The summed E-state index contributed by atoms with van der Waals surface area (Å²) in [6, 6.07) is 19.4. The molecule has 2 amide bonds. The molecule has 0 heterocycles. The van der Waals surface area contributed by atoms with Gasteiger partial charge in [0.15, 0.2) is 0 Å². The van der Waals surface area contributed by atoms with Crippen LogP contribution >= 0.6 is 0 Å². The number of carboxylic acid groups (broad SMARTS) is 1. The number of carbonyl (C=O) groups excluding carboxylic acids is 2. The van der Waals surface area contributed by atoms with Crippen LogP contribution in [0.5, 0.6) is 0 Å². The minimum absolute atomic E-state index is 0.0364. The highest BCUT2D eigenvalue weighted by Gasteiger charge is 2.29. The van der Waals surface area contributed by atoms with Crippen LogP contribution in [0.1, 0.15) is 40.7 Å². The maximum absolute atomic E-state index is 13.9. The molecule has 0 radical (unpaired) electrons. The molecule has 1 atom stereocenters. The Morgan fingerprint density at radius 2 is 1.63 bits per heavy atom. The smallest absolute Gasteiger partial charge is 0.407 e. The van der Waals surface area contributed by atoms with Crippen molar-refractivity contribution < 1.29 is 28.6 Å². The van der Waals surface area contributed by atoms with Gasteiger partial charge in [0.25, 0.3) is 0 Å². The average molecular weight is 477 g/mol. The van der Waals surface area contributed by atoms with Crippen LogP contribution in [0.25, 0.3) is 11.1 Å². The van der Waals surface area contributed by atoms with E-state index >= 15 is 0 Å². The third-order valence-electron chi connectivity index (χ3n) is 6.17. The first kappa shape index (κ1) is 23.9. The van der Waals surface area contributed by atoms with E-state index in [1.807, 2.05) is 36.4 Å². The maximum atomic E-state index is 13.9. The van der Waals surface area contributed by atoms with E-state index in [-0.39, 0.29) is 24.8 Å². The topological polar surface area (TPSA) is 105 Å². The summed E-state index contributed by atoms with van der Waals surface area (Å²) < 4.78 is 19.4. The van der Waals surface area contributed by atoms with Gasteiger partial charge in [-0.2, -0.15) is 0 Å². The number of aromatic carboxylic acids is 1. The van der Waals surface area contributed by atoms with Gasteiger partial charge >= 0.3 is 12.1 Å². The van der Waals surface area contributed by atoms with Crippen molar-refractivity contribution in [2.75, 3.05) is 18.5 Å². The number of alkyl carbamates (subject to hydrolysis) is 1. The maximum Gasteiger partial charge on any atom is 0.407 e. The van der Waals surface area contributed by atoms with Crippen LogP contribution < -0.4 is 10.6 Å². The van der Waals surface area contributed by atoms with Crippen LogP contribution in [0.3, 0.4) is 0 Å². The Morgan fingerprint density at radius 3 is 2.20 bits per heavy atom. The van der Waals surface area contributed by atoms with Gasteiger partial charge in [0.2, 0.25) is 5.91 Å². The van der Waals surface area contributed by atoms with Gasteiger partial charge < -0.3 is 20.5 Å². The number of hydrogen-bond acceptors (Lipinski definition) is 4. The number of carbonyl (C=O) groups is 3. The SMILES string of the molecule is CCC(CNC(=O)OCC1c2ccccc2-c2ccccc21)C(=O)Nc1ccc(C(=O)O)c(F)c1. The largest absolute Gasteiger partial charge is 0.478 e. The molecule has 8 heteroatoms. The lowest BCUT2D eigenvalue weighted by molar-refractivity contribution is -0.119. The van der Waals surface area contributed by atoms with Crippen molar-refractivity contribution >= 4 is 23.7 Å². The second-order valence-electron chi connectivity index (χ2n) is 8.30. The summed E-state index contributed by atoms with van der Waals surface area (Å²) >= 11 is 0. The third kappa shape index (κ3) is 5.16. The highest BCUT2D eigenvalue weighted by Crippen LogP contribution is 2.44. The van der Waals surface area contributed by atoms with E-state index in [1.54, 1.807) is 6.92 Å². The quantitative estimate of drug-likeness (QED) is 0.423. The van der Waals surface area contributed by atoms with E-state index < -0.39 is 35.3 Å². The van der Waals surface area contributed by atoms with Crippen molar-refractivity contribution in [2.24, 2.45) is 5.92 Å². The number of amides is 2. The number of anilines is 1. The number of hydrogen-bond donors (Lipinski definition) is 3. The number of ether oxygens (including phenoxy) is 1. The lowest BCUT2D eigenvalue weighted by atomic mass is 9.98. The molecule has 4 rings (SSSR count). The van der Waals surface area contributed by atoms with Gasteiger partial charge in [0.05, 0.1) is 11.5 Å². The highest BCUT2D eigenvalue weighted by molar-refractivity contribution is 5.94. The fourth-order valence-electron chi connectivity index (χ4n) is 4.29. The van der Waals surface area contributed by atoms with Gasteiger partial charge in [-0.1, -0.05) is 55.5 Å². The van der Waals surface area contributed by atoms with Crippen molar-refractivity contribution in [3.63, 3.8) is 0 Å². The van der Waals surface area contributed by atoms with Crippen molar-refractivity contribution in [1.29, 1.82) is 0 Å². The average Bonchev–Trinajstić information content (AvgIpc) is 3.16. The Balaban J connectivity index is 1.32. The van der Waals surface area contributed by atoms with E-state index in [1.165, 1.54) is 6.07 Å². The number of carboxylic acids is 1. The zero-order chi connectivity index (χ0) is 24.9. The first-order valence-corrected chi connectivity index (χ1v) is 11.3. The molecule has 1 aliphatic carbocycles. The second kappa shape index (κ2) is 10.4. The summed E-state index contributed by atoms with van der Waals surface area (Å²) in [7, 11) is 0. The monoisotopic (exact) mass is 476 g/mol. The van der Waals surface area contributed by atoms with Gasteiger partial charge in [0.1, 0.15) is 12.4 Å². The molecule has 3 aromatic carbocycles. The Hall–Kier alpha value is -4.20. The van der Waals surface area contributed by atoms with E-state index in [0.29, 0.717) is 6.42 Å². The number of rotatable bonds is 8. The van der Waals surface area contributed by atoms with Crippen LogP contribution in [-0.2, 0) is 9.53 Å². The van der Waals surface area contributed by atoms with Crippen LogP contribution in [0.2, 0.25) is 0 Å². The fourth-order valence-corrected chi connectivity index (χ4v) is 4.29. The molecule has 1 unspecified atom stereocenters. The van der Waals surface area contributed by atoms with Crippen molar-refractivity contribution in [3.8, 4) is 11.1 Å². The molecule has 0 fully saturated rings. The normalized spacial score (nSPS) is 12.9. The molecule has 3 N–H and O–H groups in total. The number of benzene rings is 3. The minimum Gasteiger partial charge on any atom is -0.478 e. The molecule has 0 aromatic heterocycles. The lowest BCUT2D eigenvalue weighted by Gasteiger charge is -2.17. The van der Waals surface area contributed by atoms with Gasteiger partial charge in [-0.25, -0.2) is 14.0 Å². The molecule has 0 spiro atoms. The summed E-state index contributed by atoms with van der Waals surface area (Å²) in [6.45, 7) is 1.99. The summed E-state index contributed by atoms with van der Waals surface area (Å²) in [5.41, 5.74) is 4.13. The van der Waals surface area contributed by atoms with Gasteiger partial charge in [-0.15, -0.1) is 0 Å². The van der Waals surface area contributed by atoms with Gasteiger partial charge in [0, 0.05) is 18.2 Å². The van der Waals surface area contributed by atoms with Crippen LogP contribution in [-0.4, -0.2) is 36.2 Å². The van der Waals surface area contributed by atoms with E-state index in [2.05, 4.69) is 22.8 Å². The molecule has 0 bridgehead atoms. The summed E-state index contributed by atoms with van der Waals surface area (Å²) in [5, 5.41) is 14.1. The first-order chi connectivity index (χ1) is 16.9. The summed E-state index contributed by atoms with van der Waals surface area (Å²) in [5.74, 6) is -3.41. The molecule has 180 valence electrons. The predicted molar refractivity (Wildman–Crippen MR) is 129 cm³/mol. The second-order valence-corrected chi connectivity index (χ2v) is 8.30. The van der Waals surface area contributed by atoms with Crippen LogP contribution in [0, 0.1) is 11.7 Å². The fraction of sp³-hybridized carbons (Fsp3) is 0.222. The van der Waals surface area contributed by atoms with E-state index in [4.69, 9.17) is 9.84 Å². The molecule has 0 saturated carbocycles. The Kier molecular flexibility index (Phi) is 7.10. The Bertz CT molecular complexity index is 1230. The molecule has 35 heavy (non-hydrogen) atoms. The number of halogens is 1.